The largest absolute Gasteiger partial charge is 0.369 e. The van der Waals surface area contributed by atoms with Crippen LogP contribution >= 0.6 is 0 Å². The highest BCUT2D eigenvalue weighted by molar-refractivity contribution is 5.95. The van der Waals surface area contributed by atoms with E-state index in [4.69, 9.17) is 4.99 Å². The third kappa shape index (κ3) is 3.36. The van der Waals surface area contributed by atoms with Crippen LogP contribution in [0.1, 0.15) is 44.9 Å². The zero-order valence-corrected chi connectivity index (χ0v) is 18.5. The lowest BCUT2D eigenvalue weighted by molar-refractivity contribution is 0.210. The number of anilines is 2. The number of aliphatic imine (C=N–C) groups is 1. The molecule has 2 aliphatic heterocycles. The summed E-state index contributed by atoms with van der Waals surface area (Å²) in [6.45, 7) is 5.51. The first-order valence-electron chi connectivity index (χ1n) is 12.3. The van der Waals surface area contributed by atoms with E-state index in [0.29, 0.717) is 5.92 Å². The molecule has 31 heavy (non-hydrogen) atoms. The van der Waals surface area contributed by atoms with Gasteiger partial charge in [-0.1, -0.05) is 43.2 Å². The van der Waals surface area contributed by atoms with Crippen molar-refractivity contribution >= 4 is 22.8 Å². The Morgan fingerprint density at radius 1 is 0.839 bits per heavy atom. The topological polar surface area (TPSA) is 22.1 Å². The molecule has 1 atom stereocenters. The van der Waals surface area contributed by atoms with Crippen LogP contribution < -0.4 is 9.80 Å². The highest BCUT2D eigenvalue weighted by Crippen LogP contribution is 2.52. The van der Waals surface area contributed by atoms with E-state index in [-0.39, 0.29) is 5.54 Å². The maximum atomic E-state index is 5.26. The summed E-state index contributed by atoms with van der Waals surface area (Å²) in [6.07, 6.45) is 9.23. The fraction of sp³-hybridized carbons (Fsp3) is 0.519. The normalized spacial score (nSPS) is 25.3. The van der Waals surface area contributed by atoms with Gasteiger partial charge in [0.05, 0.1) is 18.0 Å². The quantitative estimate of drug-likeness (QED) is 0.665. The van der Waals surface area contributed by atoms with Gasteiger partial charge < -0.3 is 9.80 Å². The van der Waals surface area contributed by atoms with Crippen molar-refractivity contribution in [2.75, 3.05) is 42.6 Å². The van der Waals surface area contributed by atoms with Crippen molar-refractivity contribution in [3.05, 3.63) is 54.6 Å². The lowest BCUT2D eigenvalue weighted by Crippen LogP contribution is -2.59. The average molecular weight is 415 g/mol. The average Bonchev–Trinajstić information content (AvgIpc) is 3.48. The molecule has 2 saturated carbocycles. The van der Waals surface area contributed by atoms with Gasteiger partial charge in [0.2, 0.25) is 0 Å². The molecular weight excluding hydrogens is 380 g/mol. The molecule has 2 aromatic rings. The molecule has 0 N–H and O–H groups in total. The molecule has 3 fully saturated rings. The Bertz CT molecular complexity index is 939. The van der Waals surface area contributed by atoms with Gasteiger partial charge in [0.25, 0.3) is 0 Å². The van der Waals surface area contributed by atoms with Gasteiger partial charge in [-0.2, -0.15) is 0 Å². The number of hydrogen-bond donors (Lipinski definition) is 0. The Morgan fingerprint density at radius 3 is 2.39 bits per heavy atom. The summed E-state index contributed by atoms with van der Waals surface area (Å²) in [5.41, 5.74) is 5.70. The molecule has 162 valence electrons. The number of rotatable bonds is 3. The van der Waals surface area contributed by atoms with Crippen molar-refractivity contribution in [3.8, 4) is 0 Å². The summed E-state index contributed by atoms with van der Waals surface area (Å²) < 4.78 is 0. The van der Waals surface area contributed by atoms with Gasteiger partial charge in [-0.15, -0.1) is 0 Å². The number of fused-ring (bicyclic) bond motifs is 3. The number of hydrogen-bond acceptors (Lipinski definition) is 4. The molecule has 4 nitrogen and oxygen atoms in total. The predicted octanol–water partition coefficient (Wildman–Crippen LogP) is 5.47. The summed E-state index contributed by atoms with van der Waals surface area (Å²) in [6, 6.07) is 19.8. The lowest BCUT2D eigenvalue weighted by Gasteiger charge is -2.49. The second-order valence-electron chi connectivity index (χ2n) is 9.86. The first-order chi connectivity index (χ1) is 15.3. The molecule has 1 saturated heterocycles. The minimum absolute atomic E-state index is 0.276. The summed E-state index contributed by atoms with van der Waals surface area (Å²) in [5.74, 6) is 0.646. The van der Waals surface area contributed by atoms with Crippen LogP contribution in [0.15, 0.2) is 59.6 Å². The molecule has 0 radical (unpaired) electrons. The summed E-state index contributed by atoms with van der Waals surface area (Å²) >= 11 is 0. The predicted molar refractivity (Wildman–Crippen MR) is 130 cm³/mol. The summed E-state index contributed by atoms with van der Waals surface area (Å²) in [4.78, 5) is 13.3. The molecule has 1 spiro atoms. The van der Waals surface area contributed by atoms with E-state index in [1.165, 1.54) is 67.7 Å². The molecular formula is C27H34N4. The van der Waals surface area contributed by atoms with Gasteiger partial charge in [0, 0.05) is 49.0 Å². The van der Waals surface area contributed by atoms with Crippen molar-refractivity contribution < 1.29 is 0 Å². The van der Waals surface area contributed by atoms with Crippen LogP contribution in [-0.4, -0.2) is 49.0 Å². The maximum Gasteiger partial charge on any atom is 0.0863 e. The molecule has 0 bridgehead atoms. The number of benzene rings is 2. The van der Waals surface area contributed by atoms with Gasteiger partial charge in [0.15, 0.2) is 0 Å². The number of piperazine rings is 1. The second-order valence-corrected chi connectivity index (χ2v) is 9.86. The van der Waals surface area contributed by atoms with Crippen molar-refractivity contribution in [2.45, 2.75) is 50.5 Å². The van der Waals surface area contributed by atoms with Gasteiger partial charge in [-0.3, -0.25) is 9.89 Å². The fourth-order valence-electron chi connectivity index (χ4n) is 6.72. The van der Waals surface area contributed by atoms with Gasteiger partial charge in [-0.05, 0) is 56.4 Å². The Kier molecular flexibility index (Phi) is 4.98. The van der Waals surface area contributed by atoms with Crippen LogP contribution in [0, 0.1) is 5.92 Å². The van der Waals surface area contributed by atoms with E-state index in [0.717, 1.165) is 32.8 Å². The van der Waals surface area contributed by atoms with Gasteiger partial charge in [-0.25, -0.2) is 0 Å². The molecule has 1 unspecified atom stereocenters. The molecule has 4 heteroatoms. The van der Waals surface area contributed by atoms with Gasteiger partial charge in [0.1, 0.15) is 0 Å². The van der Waals surface area contributed by atoms with E-state index in [1.807, 2.05) is 0 Å². The van der Waals surface area contributed by atoms with Crippen LogP contribution in [0.2, 0.25) is 0 Å². The summed E-state index contributed by atoms with van der Waals surface area (Å²) in [5, 5.41) is 0. The van der Waals surface area contributed by atoms with E-state index in [2.05, 4.69) is 69.3 Å². The monoisotopic (exact) mass is 414 g/mol. The molecule has 2 aromatic carbocycles. The van der Waals surface area contributed by atoms with Crippen molar-refractivity contribution in [3.63, 3.8) is 0 Å². The molecule has 4 aliphatic rings. The molecule has 2 heterocycles. The van der Waals surface area contributed by atoms with Crippen LogP contribution in [-0.2, 0) is 0 Å². The zero-order chi connectivity index (χ0) is 20.7. The lowest BCUT2D eigenvalue weighted by atomic mass is 9.78. The van der Waals surface area contributed by atoms with Crippen LogP contribution in [0.4, 0.5) is 17.1 Å². The van der Waals surface area contributed by atoms with E-state index in [1.54, 1.807) is 0 Å². The SMILES string of the molecule is c1ccc(N2CCN(CN3c4ccccc4N=C4CCCC4C34CCCC4)CC2)cc1. The molecule has 6 rings (SSSR count). The maximum absolute atomic E-state index is 5.26. The molecule has 0 aromatic heterocycles. The van der Waals surface area contributed by atoms with Crippen molar-refractivity contribution in [1.29, 1.82) is 0 Å². The van der Waals surface area contributed by atoms with Crippen molar-refractivity contribution in [2.24, 2.45) is 10.9 Å². The minimum atomic E-state index is 0.276. The fourth-order valence-corrected chi connectivity index (χ4v) is 6.72. The standard InChI is InChI=1S/C27H34N4/c1-2-9-22(10-3-1)30-19-17-29(18-20-30)21-31-26-14-5-4-12-25(26)28-24-13-8-11-23(24)27(31)15-6-7-16-27/h1-5,9-10,12,14,23H,6-8,11,13,15-21H2. The van der Waals surface area contributed by atoms with Crippen LogP contribution in [0.25, 0.3) is 0 Å². The van der Waals surface area contributed by atoms with E-state index >= 15 is 0 Å². The third-order valence-corrected chi connectivity index (χ3v) is 8.26. The zero-order valence-electron chi connectivity index (χ0n) is 18.5. The minimum Gasteiger partial charge on any atom is -0.369 e. The first kappa shape index (κ1) is 19.4. The molecule has 2 aliphatic carbocycles. The highest BCUT2D eigenvalue weighted by Gasteiger charge is 2.51. The van der Waals surface area contributed by atoms with E-state index < -0.39 is 0 Å². The Balaban J connectivity index is 1.28. The smallest absolute Gasteiger partial charge is 0.0863 e. The number of para-hydroxylation sites is 3. The van der Waals surface area contributed by atoms with Crippen molar-refractivity contribution in [1.82, 2.24) is 4.90 Å². The van der Waals surface area contributed by atoms with Crippen LogP contribution in [0.3, 0.4) is 0 Å². The summed E-state index contributed by atoms with van der Waals surface area (Å²) in [7, 11) is 0. The highest BCUT2D eigenvalue weighted by atomic mass is 15.4. The van der Waals surface area contributed by atoms with Crippen LogP contribution in [0.5, 0.6) is 0 Å². The molecule has 0 amide bonds. The second kappa shape index (κ2) is 7.98. The first-order valence-corrected chi connectivity index (χ1v) is 12.3. The Hall–Kier alpha value is -2.33. The van der Waals surface area contributed by atoms with E-state index in [9.17, 15) is 0 Å². The Labute approximate surface area is 186 Å². The van der Waals surface area contributed by atoms with Gasteiger partial charge >= 0.3 is 0 Å². The Morgan fingerprint density at radius 2 is 1.58 bits per heavy atom. The third-order valence-electron chi connectivity index (χ3n) is 8.26. The number of nitrogens with zero attached hydrogens (tertiary/aromatic N) is 4.